The number of hydrogen-bond donors (Lipinski definition) is 2. The third-order valence-electron chi connectivity index (χ3n) is 5.64. The Kier molecular flexibility index (Phi) is 6.91. The Morgan fingerprint density at radius 2 is 2.00 bits per heavy atom. The average molecular weight is 496 g/mol. The van der Waals surface area contributed by atoms with Crippen molar-refractivity contribution in [2.45, 2.75) is 49.0 Å². The van der Waals surface area contributed by atoms with E-state index in [1.807, 2.05) is 24.3 Å². The minimum Gasteiger partial charge on any atom is -0.454 e. The molecule has 11 heteroatoms. The van der Waals surface area contributed by atoms with Gasteiger partial charge in [-0.05, 0) is 73.9 Å². The molecule has 0 aliphatic carbocycles. The van der Waals surface area contributed by atoms with Crippen molar-refractivity contribution < 1.29 is 9.47 Å². The normalized spacial score (nSPS) is 16.9. The Morgan fingerprint density at radius 3 is 2.85 bits per heavy atom. The molecule has 5 rings (SSSR count). The van der Waals surface area contributed by atoms with Gasteiger partial charge in [0.1, 0.15) is 10.8 Å². The lowest BCUT2D eigenvalue weighted by molar-refractivity contribution is 0.174. The van der Waals surface area contributed by atoms with Gasteiger partial charge in [-0.25, -0.2) is 15.0 Å². The van der Waals surface area contributed by atoms with E-state index in [0.29, 0.717) is 28.8 Å². The second-order valence-electron chi connectivity index (χ2n) is 8.05. The van der Waals surface area contributed by atoms with E-state index in [1.54, 1.807) is 18.5 Å². The lowest BCUT2D eigenvalue weighted by atomic mass is 10.0. The predicted octanol–water partition coefficient (Wildman–Crippen LogP) is 4.01. The number of fused-ring (bicyclic) bond motifs is 1. The van der Waals surface area contributed by atoms with Crippen LogP contribution in [0, 0.1) is 0 Å². The third kappa shape index (κ3) is 5.48. The van der Waals surface area contributed by atoms with Crippen LogP contribution in [0.25, 0.3) is 0 Å². The summed E-state index contributed by atoms with van der Waals surface area (Å²) < 4.78 is 10.8. The van der Waals surface area contributed by atoms with E-state index in [4.69, 9.17) is 26.7 Å². The van der Waals surface area contributed by atoms with Crippen LogP contribution in [0.3, 0.4) is 0 Å². The number of thiocarbonyl (C=S) groups is 1. The minimum absolute atomic E-state index is 0.254. The summed E-state index contributed by atoms with van der Waals surface area (Å²) >= 11 is 6.93. The fraction of sp³-hybridized carbons (Fsp3) is 0.348. The van der Waals surface area contributed by atoms with Gasteiger partial charge in [-0.1, -0.05) is 6.07 Å². The highest BCUT2D eigenvalue weighted by molar-refractivity contribution is 7.99. The molecule has 2 aromatic heterocycles. The number of nitrogens with one attached hydrogen (secondary N) is 2. The van der Waals surface area contributed by atoms with Crippen LogP contribution >= 0.6 is 24.0 Å². The van der Waals surface area contributed by atoms with E-state index in [0.717, 1.165) is 47.3 Å². The topological polar surface area (TPSA) is 97.3 Å². The zero-order valence-electron chi connectivity index (χ0n) is 18.7. The van der Waals surface area contributed by atoms with Gasteiger partial charge in [0.15, 0.2) is 21.8 Å². The van der Waals surface area contributed by atoms with Crippen molar-refractivity contribution in [2.75, 3.05) is 23.6 Å². The van der Waals surface area contributed by atoms with Crippen molar-refractivity contribution in [2.24, 2.45) is 0 Å². The van der Waals surface area contributed by atoms with Crippen LogP contribution in [0.15, 0.2) is 52.9 Å². The molecular formula is C23H25N7O2S2. The van der Waals surface area contributed by atoms with Crippen molar-refractivity contribution in [1.82, 2.24) is 25.3 Å². The maximum Gasteiger partial charge on any atom is 0.232 e. The molecule has 0 radical (unpaired) electrons. The predicted molar refractivity (Wildman–Crippen MR) is 134 cm³/mol. The number of ether oxygens (including phenoxy) is 2. The van der Waals surface area contributed by atoms with Crippen molar-refractivity contribution in [3.8, 4) is 11.5 Å². The molecule has 2 aliphatic heterocycles. The molecule has 0 unspecified atom stereocenters. The molecule has 2 N–H and O–H groups in total. The van der Waals surface area contributed by atoms with Gasteiger partial charge in [-0.15, -0.1) is 0 Å². The Labute approximate surface area is 207 Å². The SMILES string of the molecule is C[C@H]1CCCCN1c1cc(Sc2ncccn2)nc(NC(=S)NCc2ccc3c(c2)OCO3)n1. The summed E-state index contributed by atoms with van der Waals surface area (Å²) in [6, 6.07) is 10.0. The molecule has 1 saturated heterocycles. The number of anilines is 2. The highest BCUT2D eigenvalue weighted by atomic mass is 32.2. The van der Waals surface area contributed by atoms with Gasteiger partial charge in [0.05, 0.1) is 0 Å². The monoisotopic (exact) mass is 495 g/mol. The van der Waals surface area contributed by atoms with Gasteiger partial charge < -0.3 is 25.0 Å². The second kappa shape index (κ2) is 10.4. The molecule has 0 bridgehead atoms. The maximum absolute atomic E-state index is 5.53. The summed E-state index contributed by atoms with van der Waals surface area (Å²) in [5.41, 5.74) is 1.03. The van der Waals surface area contributed by atoms with Gasteiger partial charge in [-0.2, -0.15) is 4.98 Å². The first kappa shape index (κ1) is 22.6. The molecule has 2 aliphatic rings. The van der Waals surface area contributed by atoms with Gasteiger partial charge in [-0.3, -0.25) is 0 Å². The third-order valence-corrected chi connectivity index (χ3v) is 6.70. The van der Waals surface area contributed by atoms with Crippen molar-refractivity contribution in [3.05, 3.63) is 48.3 Å². The summed E-state index contributed by atoms with van der Waals surface area (Å²) in [6.45, 7) is 3.99. The summed E-state index contributed by atoms with van der Waals surface area (Å²) in [5, 5.41) is 8.19. The molecule has 0 amide bonds. The standard InChI is InChI=1S/C23H25N7O2S2/c1-15-5-2-3-10-30(15)19-12-20(34-23-24-8-4-9-25-23)28-21(27-19)29-22(33)26-13-16-6-7-17-18(11-16)32-14-31-17/h4,6-9,11-12,15H,2-3,5,10,13-14H2,1H3,(H2,26,27,28,29,33)/t15-/m0/s1. The Balaban J connectivity index is 1.31. The fourth-order valence-corrected chi connectivity index (χ4v) is 4.79. The van der Waals surface area contributed by atoms with Crippen LogP contribution in [0.1, 0.15) is 31.7 Å². The molecule has 176 valence electrons. The highest BCUT2D eigenvalue weighted by Gasteiger charge is 2.22. The maximum atomic E-state index is 5.53. The molecular weight excluding hydrogens is 470 g/mol. The summed E-state index contributed by atoms with van der Waals surface area (Å²) in [4.78, 5) is 20.4. The molecule has 34 heavy (non-hydrogen) atoms. The fourth-order valence-electron chi connectivity index (χ4n) is 3.92. The van der Waals surface area contributed by atoms with E-state index in [1.165, 1.54) is 18.2 Å². The molecule has 1 aromatic carbocycles. The van der Waals surface area contributed by atoms with Crippen LogP contribution < -0.4 is 25.0 Å². The molecule has 3 aromatic rings. The first-order chi connectivity index (χ1) is 16.6. The quantitative estimate of drug-likeness (QED) is 0.295. The minimum atomic E-state index is 0.254. The van der Waals surface area contributed by atoms with E-state index in [9.17, 15) is 0 Å². The summed E-state index contributed by atoms with van der Waals surface area (Å²) in [5.74, 6) is 2.82. The van der Waals surface area contributed by atoms with E-state index in [-0.39, 0.29) is 6.79 Å². The van der Waals surface area contributed by atoms with Crippen LogP contribution in [-0.2, 0) is 6.54 Å². The highest BCUT2D eigenvalue weighted by Crippen LogP contribution is 2.32. The van der Waals surface area contributed by atoms with Gasteiger partial charge in [0.25, 0.3) is 0 Å². The number of piperidine rings is 1. The summed E-state index contributed by atoms with van der Waals surface area (Å²) in [6.07, 6.45) is 6.97. The lowest BCUT2D eigenvalue weighted by Crippen LogP contribution is -2.38. The molecule has 0 spiro atoms. The Hall–Kier alpha value is -3.18. The molecule has 9 nitrogen and oxygen atoms in total. The van der Waals surface area contributed by atoms with Crippen LogP contribution in [0.2, 0.25) is 0 Å². The van der Waals surface area contributed by atoms with Crippen molar-refractivity contribution in [1.29, 1.82) is 0 Å². The zero-order chi connectivity index (χ0) is 23.3. The number of aromatic nitrogens is 4. The first-order valence-electron chi connectivity index (χ1n) is 11.2. The lowest BCUT2D eigenvalue weighted by Gasteiger charge is -2.34. The second-order valence-corrected chi connectivity index (χ2v) is 9.45. The first-order valence-corrected chi connectivity index (χ1v) is 12.4. The Bertz CT molecular complexity index is 1170. The van der Waals surface area contributed by atoms with Gasteiger partial charge in [0.2, 0.25) is 12.7 Å². The number of nitrogens with zero attached hydrogens (tertiary/aromatic N) is 5. The van der Waals surface area contributed by atoms with Gasteiger partial charge >= 0.3 is 0 Å². The number of rotatable bonds is 6. The van der Waals surface area contributed by atoms with Crippen molar-refractivity contribution in [3.63, 3.8) is 0 Å². The van der Waals surface area contributed by atoms with E-state index < -0.39 is 0 Å². The molecule has 0 saturated carbocycles. The largest absolute Gasteiger partial charge is 0.454 e. The van der Waals surface area contributed by atoms with Crippen LogP contribution in [0.4, 0.5) is 11.8 Å². The summed E-state index contributed by atoms with van der Waals surface area (Å²) in [7, 11) is 0. The molecule has 4 heterocycles. The number of hydrogen-bond acceptors (Lipinski definition) is 9. The average Bonchev–Trinajstić information content (AvgIpc) is 3.31. The molecule has 1 atom stereocenters. The molecule has 1 fully saturated rings. The number of benzene rings is 1. The zero-order valence-corrected chi connectivity index (χ0v) is 20.4. The van der Waals surface area contributed by atoms with E-state index >= 15 is 0 Å². The smallest absolute Gasteiger partial charge is 0.232 e. The van der Waals surface area contributed by atoms with Crippen LogP contribution in [0.5, 0.6) is 11.5 Å². The Morgan fingerprint density at radius 1 is 1.15 bits per heavy atom. The van der Waals surface area contributed by atoms with Crippen molar-refractivity contribution >= 4 is 40.9 Å². The van der Waals surface area contributed by atoms with Gasteiger partial charge in [0, 0.05) is 37.6 Å². The van der Waals surface area contributed by atoms with Crippen LogP contribution in [-0.4, -0.2) is 44.4 Å². The van der Waals surface area contributed by atoms with E-state index in [2.05, 4.69) is 37.4 Å².